The Labute approximate surface area is 104 Å². The Morgan fingerprint density at radius 2 is 1.94 bits per heavy atom. The van der Waals surface area contributed by atoms with E-state index < -0.39 is 0 Å². The Morgan fingerprint density at radius 3 is 2.35 bits per heavy atom. The van der Waals surface area contributed by atoms with Crippen molar-refractivity contribution in [1.82, 2.24) is 15.1 Å². The summed E-state index contributed by atoms with van der Waals surface area (Å²) in [5.74, 6) is 0. The minimum absolute atomic E-state index is 0.259. The van der Waals surface area contributed by atoms with Crippen LogP contribution in [0.2, 0.25) is 0 Å². The van der Waals surface area contributed by atoms with Gasteiger partial charge in [0.1, 0.15) is 0 Å². The molecule has 0 saturated carbocycles. The van der Waals surface area contributed by atoms with E-state index >= 15 is 0 Å². The minimum atomic E-state index is 0.259. The Balaban J connectivity index is 2.85. The van der Waals surface area contributed by atoms with Gasteiger partial charge in [-0.05, 0) is 26.3 Å². The number of nitrogens with zero attached hydrogens (tertiary/aromatic N) is 2. The third-order valence-electron chi connectivity index (χ3n) is 3.15. The van der Waals surface area contributed by atoms with Gasteiger partial charge >= 0.3 is 0 Å². The number of nitrogens with one attached hydrogen (secondary N) is 1. The standard InChI is InChI=1S/C13H25N3O/c1-9(2)14-7-13(8-17-6)16-12(5)10(3)11(4)15-16/h9,13-14H,7-8H2,1-6H3. The molecule has 0 saturated heterocycles. The van der Waals surface area contributed by atoms with Crippen LogP contribution in [-0.4, -0.2) is 36.1 Å². The van der Waals surface area contributed by atoms with Gasteiger partial charge in [0, 0.05) is 25.4 Å². The summed E-state index contributed by atoms with van der Waals surface area (Å²) in [6, 6.07) is 0.738. The lowest BCUT2D eigenvalue weighted by Gasteiger charge is -2.20. The summed E-state index contributed by atoms with van der Waals surface area (Å²) in [6.45, 7) is 12.2. The van der Waals surface area contributed by atoms with Crippen molar-refractivity contribution < 1.29 is 4.74 Å². The molecule has 1 aromatic heterocycles. The first kappa shape index (κ1) is 14.2. The van der Waals surface area contributed by atoms with Crippen molar-refractivity contribution in [2.24, 2.45) is 0 Å². The molecular weight excluding hydrogens is 214 g/mol. The van der Waals surface area contributed by atoms with E-state index in [0.717, 1.165) is 12.2 Å². The topological polar surface area (TPSA) is 39.1 Å². The van der Waals surface area contributed by atoms with Crippen LogP contribution in [0.5, 0.6) is 0 Å². The average Bonchev–Trinajstić information content (AvgIpc) is 2.52. The van der Waals surface area contributed by atoms with E-state index in [1.807, 2.05) is 0 Å². The van der Waals surface area contributed by atoms with Gasteiger partial charge in [0.2, 0.25) is 0 Å². The molecule has 0 amide bonds. The molecule has 0 aromatic carbocycles. The summed E-state index contributed by atoms with van der Waals surface area (Å²) in [5.41, 5.74) is 3.61. The van der Waals surface area contributed by atoms with E-state index in [1.165, 1.54) is 11.3 Å². The molecule has 4 heteroatoms. The molecule has 0 fully saturated rings. The summed E-state index contributed by atoms with van der Waals surface area (Å²) in [4.78, 5) is 0. The number of hydrogen-bond acceptors (Lipinski definition) is 3. The normalized spacial score (nSPS) is 13.4. The highest BCUT2D eigenvalue weighted by Crippen LogP contribution is 2.16. The largest absolute Gasteiger partial charge is 0.382 e. The Hall–Kier alpha value is -0.870. The van der Waals surface area contributed by atoms with Gasteiger partial charge in [-0.2, -0.15) is 5.10 Å². The van der Waals surface area contributed by atoms with E-state index in [-0.39, 0.29) is 6.04 Å². The number of methoxy groups -OCH3 is 1. The van der Waals surface area contributed by atoms with Crippen molar-refractivity contribution in [1.29, 1.82) is 0 Å². The Morgan fingerprint density at radius 1 is 1.29 bits per heavy atom. The quantitative estimate of drug-likeness (QED) is 0.825. The highest BCUT2D eigenvalue weighted by atomic mass is 16.5. The fraction of sp³-hybridized carbons (Fsp3) is 0.769. The number of hydrogen-bond donors (Lipinski definition) is 1. The minimum Gasteiger partial charge on any atom is -0.382 e. The molecule has 0 spiro atoms. The molecule has 1 rings (SSSR count). The van der Waals surface area contributed by atoms with E-state index in [2.05, 4.69) is 49.7 Å². The van der Waals surface area contributed by atoms with Gasteiger partial charge in [-0.25, -0.2) is 0 Å². The maximum Gasteiger partial charge on any atom is 0.0879 e. The van der Waals surface area contributed by atoms with E-state index in [1.54, 1.807) is 7.11 Å². The van der Waals surface area contributed by atoms with Crippen LogP contribution in [0.15, 0.2) is 0 Å². The third kappa shape index (κ3) is 3.54. The first-order chi connectivity index (χ1) is 7.97. The van der Waals surface area contributed by atoms with Crippen LogP contribution in [0.3, 0.4) is 0 Å². The predicted octanol–water partition coefficient (Wildman–Crippen LogP) is 1.99. The molecule has 1 atom stereocenters. The van der Waals surface area contributed by atoms with Gasteiger partial charge in [0.05, 0.1) is 18.3 Å². The molecule has 0 aliphatic heterocycles. The molecule has 1 unspecified atom stereocenters. The van der Waals surface area contributed by atoms with Gasteiger partial charge in [0.25, 0.3) is 0 Å². The second-order valence-corrected chi connectivity index (χ2v) is 4.91. The zero-order chi connectivity index (χ0) is 13.0. The second-order valence-electron chi connectivity index (χ2n) is 4.91. The van der Waals surface area contributed by atoms with Crippen molar-refractivity contribution in [2.75, 3.05) is 20.3 Å². The molecule has 4 nitrogen and oxygen atoms in total. The van der Waals surface area contributed by atoms with Gasteiger partial charge in [-0.15, -0.1) is 0 Å². The SMILES string of the molecule is COCC(CNC(C)C)n1nc(C)c(C)c1C. The first-order valence-electron chi connectivity index (χ1n) is 6.22. The lowest BCUT2D eigenvalue weighted by atomic mass is 10.2. The van der Waals surface area contributed by atoms with Crippen molar-refractivity contribution >= 4 is 0 Å². The average molecular weight is 239 g/mol. The zero-order valence-electron chi connectivity index (χ0n) is 11.9. The van der Waals surface area contributed by atoms with Crippen molar-refractivity contribution in [3.63, 3.8) is 0 Å². The van der Waals surface area contributed by atoms with Crippen LogP contribution < -0.4 is 5.32 Å². The molecule has 0 bridgehead atoms. The number of aromatic nitrogens is 2. The van der Waals surface area contributed by atoms with Crippen LogP contribution in [0.1, 0.15) is 36.8 Å². The fourth-order valence-electron chi connectivity index (χ4n) is 1.88. The van der Waals surface area contributed by atoms with Gasteiger partial charge in [0.15, 0.2) is 0 Å². The molecule has 98 valence electrons. The van der Waals surface area contributed by atoms with E-state index in [4.69, 9.17) is 4.74 Å². The van der Waals surface area contributed by atoms with Crippen molar-refractivity contribution in [3.05, 3.63) is 17.0 Å². The fourth-order valence-corrected chi connectivity index (χ4v) is 1.88. The molecule has 1 N–H and O–H groups in total. The van der Waals surface area contributed by atoms with Crippen molar-refractivity contribution in [2.45, 2.75) is 46.7 Å². The lowest BCUT2D eigenvalue weighted by molar-refractivity contribution is 0.145. The second kappa shape index (κ2) is 6.17. The van der Waals surface area contributed by atoms with Crippen molar-refractivity contribution in [3.8, 4) is 0 Å². The number of aryl methyl sites for hydroxylation is 1. The molecule has 0 radical (unpaired) electrons. The van der Waals surface area contributed by atoms with Crippen LogP contribution in [0.4, 0.5) is 0 Å². The number of rotatable bonds is 6. The lowest BCUT2D eigenvalue weighted by Crippen LogP contribution is -2.33. The third-order valence-corrected chi connectivity index (χ3v) is 3.15. The molecule has 1 aromatic rings. The Bertz CT molecular complexity index is 358. The summed E-state index contributed by atoms with van der Waals surface area (Å²) in [6.07, 6.45) is 0. The van der Waals surface area contributed by atoms with Gasteiger partial charge in [-0.1, -0.05) is 13.8 Å². The van der Waals surface area contributed by atoms with Crippen LogP contribution in [-0.2, 0) is 4.74 Å². The smallest absolute Gasteiger partial charge is 0.0879 e. The summed E-state index contributed by atoms with van der Waals surface area (Å²) < 4.78 is 7.38. The monoisotopic (exact) mass is 239 g/mol. The van der Waals surface area contributed by atoms with Crippen LogP contribution in [0, 0.1) is 20.8 Å². The van der Waals surface area contributed by atoms with Gasteiger partial charge in [-0.3, -0.25) is 4.68 Å². The van der Waals surface area contributed by atoms with E-state index in [9.17, 15) is 0 Å². The summed E-state index contributed by atoms with van der Waals surface area (Å²) >= 11 is 0. The molecule has 17 heavy (non-hydrogen) atoms. The summed E-state index contributed by atoms with van der Waals surface area (Å²) in [7, 11) is 1.74. The summed E-state index contributed by atoms with van der Waals surface area (Å²) in [5, 5.41) is 8.05. The number of ether oxygens (including phenoxy) is 1. The Kier molecular flexibility index (Phi) is 5.15. The first-order valence-corrected chi connectivity index (χ1v) is 6.22. The molecule has 0 aliphatic rings. The predicted molar refractivity (Wildman–Crippen MR) is 70.5 cm³/mol. The maximum atomic E-state index is 5.29. The molecule has 1 heterocycles. The van der Waals surface area contributed by atoms with Crippen LogP contribution >= 0.6 is 0 Å². The molecule has 0 aliphatic carbocycles. The maximum absolute atomic E-state index is 5.29. The van der Waals surface area contributed by atoms with Crippen LogP contribution in [0.25, 0.3) is 0 Å². The highest BCUT2D eigenvalue weighted by molar-refractivity contribution is 5.22. The van der Waals surface area contributed by atoms with Gasteiger partial charge < -0.3 is 10.1 Å². The highest BCUT2D eigenvalue weighted by Gasteiger charge is 2.17. The zero-order valence-corrected chi connectivity index (χ0v) is 11.9. The molecular formula is C13H25N3O. The van der Waals surface area contributed by atoms with E-state index in [0.29, 0.717) is 12.6 Å².